The number of hydrogen-bond donors (Lipinski definition) is 0. The normalized spacial score (nSPS) is 30.5. The minimum atomic E-state index is -2.41. The van der Waals surface area contributed by atoms with Gasteiger partial charge in [-0.05, 0) is 19.9 Å². The summed E-state index contributed by atoms with van der Waals surface area (Å²) in [6.45, 7) is 5.49. The molecular formula is C9H17F2N. The van der Waals surface area contributed by atoms with E-state index in [2.05, 4.69) is 11.8 Å². The van der Waals surface area contributed by atoms with Gasteiger partial charge in [0, 0.05) is 25.4 Å². The fourth-order valence-electron chi connectivity index (χ4n) is 1.81. The molecule has 1 fully saturated rings. The van der Waals surface area contributed by atoms with Crippen LogP contribution >= 0.6 is 0 Å². The van der Waals surface area contributed by atoms with Crippen molar-refractivity contribution in [1.82, 2.24) is 4.90 Å². The highest BCUT2D eigenvalue weighted by molar-refractivity contribution is 4.83. The van der Waals surface area contributed by atoms with E-state index in [0.29, 0.717) is 6.54 Å². The largest absolute Gasteiger partial charge is 0.300 e. The molecule has 0 aromatic heterocycles. The Labute approximate surface area is 72.7 Å². The van der Waals surface area contributed by atoms with Crippen molar-refractivity contribution < 1.29 is 8.78 Å². The molecule has 0 unspecified atom stereocenters. The Balaban J connectivity index is 2.42. The van der Waals surface area contributed by atoms with Crippen molar-refractivity contribution in [2.75, 3.05) is 13.1 Å². The number of rotatable bonds is 2. The molecule has 0 N–H and O–H groups in total. The monoisotopic (exact) mass is 177 g/mol. The molecule has 0 aromatic carbocycles. The van der Waals surface area contributed by atoms with Crippen LogP contribution in [0.2, 0.25) is 0 Å². The van der Waals surface area contributed by atoms with Crippen LogP contribution in [0.15, 0.2) is 0 Å². The molecule has 1 heterocycles. The van der Waals surface area contributed by atoms with Gasteiger partial charge in [0.2, 0.25) is 0 Å². The number of piperidine rings is 1. The number of hydrogen-bond acceptors (Lipinski definition) is 1. The molecule has 1 nitrogen and oxygen atoms in total. The van der Waals surface area contributed by atoms with E-state index in [1.807, 2.05) is 6.92 Å². The van der Waals surface area contributed by atoms with E-state index < -0.39 is 5.92 Å². The number of alkyl halides is 2. The third-order valence-corrected chi connectivity index (χ3v) is 2.49. The molecule has 1 aliphatic heterocycles. The molecule has 0 radical (unpaired) electrons. The van der Waals surface area contributed by atoms with Crippen LogP contribution in [0.1, 0.15) is 33.1 Å². The average molecular weight is 177 g/mol. The number of nitrogens with zero attached hydrogens (tertiary/aromatic N) is 1. The molecule has 0 spiro atoms. The summed E-state index contributed by atoms with van der Waals surface area (Å²) in [5, 5.41) is 0. The van der Waals surface area contributed by atoms with E-state index in [4.69, 9.17) is 0 Å². The summed E-state index contributed by atoms with van der Waals surface area (Å²) < 4.78 is 25.7. The van der Waals surface area contributed by atoms with Crippen LogP contribution in [0.25, 0.3) is 0 Å². The first kappa shape index (κ1) is 9.90. The van der Waals surface area contributed by atoms with Crippen LogP contribution in [0.4, 0.5) is 8.78 Å². The quantitative estimate of drug-likeness (QED) is 0.626. The summed E-state index contributed by atoms with van der Waals surface area (Å²) >= 11 is 0. The smallest absolute Gasteiger partial charge is 0.250 e. The van der Waals surface area contributed by atoms with E-state index in [0.717, 1.165) is 13.0 Å². The molecule has 1 aliphatic rings. The Morgan fingerprint density at radius 2 is 2.17 bits per heavy atom. The molecule has 0 saturated carbocycles. The molecule has 0 aromatic rings. The lowest BCUT2D eigenvalue weighted by molar-refractivity contribution is -0.0743. The highest BCUT2D eigenvalue weighted by atomic mass is 19.3. The second kappa shape index (κ2) is 3.69. The van der Waals surface area contributed by atoms with Crippen LogP contribution in [-0.2, 0) is 0 Å². The van der Waals surface area contributed by atoms with E-state index in [-0.39, 0.29) is 18.9 Å². The van der Waals surface area contributed by atoms with E-state index >= 15 is 0 Å². The van der Waals surface area contributed by atoms with Gasteiger partial charge in [0.1, 0.15) is 0 Å². The molecule has 72 valence electrons. The maximum Gasteiger partial charge on any atom is 0.250 e. The Hall–Kier alpha value is -0.180. The summed E-state index contributed by atoms with van der Waals surface area (Å²) in [5.74, 6) is -2.41. The third-order valence-electron chi connectivity index (χ3n) is 2.49. The minimum absolute atomic E-state index is 0.0347. The number of halogens is 2. The molecule has 3 heteroatoms. The van der Waals surface area contributed by atoms with Crippen molar-refractivity contribution in [3.8, 4) is 0 Å². The Morgan fingerprint density at radius 1 is 1.50 bits per heavy atom. The van der Waals surface area contributed by atoms with Crippen LogP contribution in [-0.4, -0.2) is 30.0 Å². The van der Waals surface area contributed by atoms with Crippen LogP contribution < -0.4 is 0 Å². The van der Waals surface area contributed by atoms with Crippen molar-refractivity contribution in [2.45, 2.75) is 45.1 Å². The van der Waals surface area contributed by atoms with Crippen molar-refractivity contribution in [3.05, 3.63) is 0 Å². The number of likely N-dealkylation sites (tertiary alicyclic amines) is 1. The predicted molar refractivity (Wildman–Crippen MR) is 45.5 cm³/mol. The lowest BCUT2D eigenvalue weighted by Gasteiger charge is -2.37. The van der Waals surface area contributed by atoms with Crippen molar-refractivity contribution in [3.63, 3.8) is 0 Å². The molecule has 1 atom stereocenters. The zero-order valence-corrected chi connectivity index (χ0v) is 7.82. The molecular weight excluding hydrogens is 160 g/mol. The van der Waals surface area contributed by atoms with Gasteiger partial charge in [-0.3, -0.25) is 0 Å². The van der Waals surface area contributed by atoms with Gasteiger partial charge >= 0.3 is 0 Å². The van der Waals surface area contributed by atoms with Crippen LogP contribution in [0.3, 0.4) is 0 Å². The lowest BCUT2D eigenvalue weighted by Crippen LogP contribution is -2.45. The standard InChI is InChI=1S/C9H17F2N/c1-3-5-12-6-4-9(10,11)7-8(12)2/h8H,3-7H2,1-2H3/t8-/m1/s1. The summed E-state index contributed by atoms with van der Waals surface area (Å²) in [5.41, 5.74) is 0. The maximum atomic E-state index is 12.8. The van der Waals surface area contributed by atoms with Gasteiger partial charge in [0.15, 0.2) is 0 Å². The summed E-state index contributed by atoms with van der Waals surface area (Å²) in [7, 11) is 0. The first-order valence-corrected chi connectivity index (χ1v) is 4.67. The molecule has 0 amide bonds. The molecule has 0 bridgehead atoms. The molecule has 0 aliphatic carbocycles. The van der Waals surface area contributed by atoms with Gasteiger partial charge in [-0.2, -0.15) is 0 Å². The summed E-state index contributed by atoms with van der Waals surface area (Å²) in [4.78, 5) is 2.15. The van der Waals surface area contributed by atoms with Gasteiger partial charge in [-0.25, -0.2) is 8.78 Å². The fourth-order valence-corrected chi connectivity index (χ4v) is 1.81. The zero-order chi connectivity index (χ0) is 9.19. The SMILES string of the molecule is CCCN1CCC(F)(F)C[C@H]1C. The van der Waals surface area contributed by atoms with Crippen molar-refractivity contribution in [1.29, 1.82) is 0 Å². The Morgan fingerprint density at radius 3 is 2.67 bits per heavy atom. The van der Waals surface area contributed by atoms with Crippen molar-refractivity contribution in [2.24, 2.45) is 0 Å². The first-order valence-electron chi connectivity index (χ1n) is 4.67. The predicted octanol–water partition coefficient (Wildman–Crippen LogP) is 2.52. The third kappa shape index (κ3) is 2.41. The highest BCUT2D eigenvalue weighted by Gasteiger charge is 2.37. The molecule has 1 saturated heterocycles. The lowest BCUT2D eigenvalue weighted by atomic mass is 10.00. The summed E-state index contributed by atoms with van der Waals surface area (Å²) in [6.07, 6.45) is 1.13. The average Bonchev–Trinajstić information content (AvgIpc) is 1.94. The van der Waals surface area contributed by atoms with Gasteiger partial charge in [0.25, 0.3) is 5.92 Å². The second-order valence-corrected chi connectivity index (χ2v) is 3.70. The van der Waals surface area contributed by atoms with Gasteiger partial charge < -0.3 is 4.90 Å². The topological polar surface area (TPSA) is 3.24 Å². The first-order chi connectivity index (χ1) is 5.55. The summed E-state index contributed by atoms with van der Waals surface area (Å²) in [6, 6.07) is 0.0497. The van der Waals surface area contributed by atoms with E-state index in [1.165, 1.54) is 0 Å². The Kier molecular flexibility index (Phi) is 3.04. The zero-order valence-electron chi connectivity index (χ0n) is 7.82. The highest BCUT2D eigenvalue weighted by Crippen LogP contribution is 2.31. The maximum absolute atomic E-state index is 12.8. The van der Waals surface area contributed by atoms with Crippen LogP contribution in [0, 0.1) is 0 Å². The van der Waals surface area contributed by atoms with Crippen molar-refractivity contribution >= 4 is 0 Å². The Bertz CT molecular complexity index is 147. The minimum Gasteiger partial charge on any atom is -0.300 e. The second-order valence-electron chi connectivity index (χ2n) is 3.70. The van der Waals surface area contributed by atoms with Gasteiger partial charge in [0.05, 0.1) is 0 Å². The fraction of sp³-hybridized carbons (Fsp3) is 1.00. The van der Waals surface area contributed by atoms with Gasteiger partial charge in [-0.1, -0.05) is 6.92 Å². The van der Waals surface area contributed by atoms with Gasteiger partial charge in [-0.15, -0.1) is 0 Å². The molecule has 1 rings (SSSR count). The van der Waals surface area contributed by atoms with E-state index in [9.17, 15) is 8.78 Å². The van der Waals surface area contributed by atoms with Crippen LogP contribution in [0.5, 0.6) is 0 Å². The van der Waals surface area contributed by atoms with E-state index in [1.54, 1.807) is 0 Å². The molecule has 12 heavy (non-hydrogen) atoms.